The fourth-order valence-electron chi connectivity index (χ4n) is 3.46. The largest absolute Gasteiger partial charge is 0.343 e. The van der Waals surface area contributed by atoms with E-state index in [2.05, 4.69) is 12.1 Å². The van der Waals surface area contributed by atoms with Crippen LogP contribution >= 0.6 is 0 Å². The highest BCUT2D eigenvalue weighted by Gasteiger charge is 2.51. The molecular formula is C17H26N2O. The molecule has 0 saturated heterocycles. The maximum atomic E-state index is 13.0. The Kier molecular flexibility index (Phi) is 4.81. The van der Waals surface area contributed by atoms with Crippen molar-refractivity contribution >= 4 is 5.91 Å². The number of amides is 1. The normalized spacial score (nSPS) is 18.1. The minimum atomic E-state index is -0.262. The van der Waals surface area contributed by atoms with E-state index in [1.807, 2.05) is 36.9 Å². The molecule has 0 bridgehead atoms. The first-order valence-corrected chi connectivity index (χ1v) is 7.74. The maximum absolute atomic E-state index is 13.0. The van der Waals surface area contributed by atoms with Crippen molar-refractivity contribution in [2.75, 3.05) is 19.6 Å². The van der Waals surface area contributed by atoms with Gasteiger partial charge in [-0.15, -0.1) is 0 Å². The van der Waals surface area contributed by atoms with E-state index in [0.29, 0.717) is 12.5 Å². The lowest BCUT2D eigenvalue weighted by Gasteiger charge is -2.48. The maximum Gasteiger partial charge on any atom is 0.229 e. The van der Waals surface area contributed by atoms with Crippen LogP contribution in [0.5, 0.6) is 0 Å². The third-order valence-corrected chi connectivity index (χ3v) is 4.83. The molecule has 3 nitrogen and oxygen atoms in total. The first-order valence-electron chi connectivity index (χ1n) is 7.74. The number of nitrogens with two attached hydrogens (primary N) is 1. The summed E-state index contributed by atoms with van der Waals surface area (Å²) in [5, 5.41) is 0. The summed E-state index contributed by atoms with van der Waals surface area (Å²) in [6, 6.07) is 10.3. The van der Waals surface area contributed by atoms with E-state index in [-0.39, 0.29) is 11.3 Å². The Labute approximate surface area is 122 Å². The third-order valence-electron chi connectivity index (χ3n) is 4.83. The summed E-state index contributed by atoms with van der Waals surface area (Å²) >= 11 is 0. The second kappa shape index (κ2) is 6.40. The molecule has 1 saturated carbocycles. The highest BCUT2D eigenvalue weighted by molar-refractivity contribution is 5.85. The van der Waals surface area contributed by atoms with Gasteiger partial charge in [-0.2, -0.15) is 0 Å². The van der Waals surface area contributed by atoms with E-state index in [0.717, 1.165) is 32.4 Å². The van der Waals surface area contributed by atoms with Crippen molar-refractivity contribution in [2.24, 2.45) is 11.1 Å². The molecule has 1 aliphatic rings. The number of hydrogen-bond donors (Lipinski definition) is 1. The van der Waals surface area contributed by atoms with Gasteiger partial charge >= 0.3 is 0 Å². The molecule has 1 aromatic carbocycles. The van der Waals surface area contributed by atoms with Crippen molar-refractivity contribution in [3.05, 3.63) is 35.9 Å². The van der Waals surface area contributed by atoms with Crippen molar-refractivity contribution in [1.82, 2.24) is 4.90 Å². The minimum absolute atomic E-state index is 0.144. The fourth-order valence-corrected chi connectivity index (χ4v) is 3.46. The SMILES string of the molecule is CCN(CC)C(=O)C1(C(CN)c2ccccc2)CCC1. The van der Waals surface area contributed by atoms with Crippen LogP contribution in [0.4, 0.5) is 0 Å². The van der Waals surface area contributed by atoms with Crippen LogP contribution in [0.1, 0.15) is 44.6 Å². The Balaban J connectivity index is 2.31. The second-order valence-electron chi connectivity index (χ2n) is 5.69. The standard InChI is InChI=1S/C17H26N2O/c1-3-19(4-2)16(20)17(11-8-12-17)15(13-18)14-9-6-5-7-10-14/h5-7,9-10,15H,3-4,8,11-13,18H2,1-2H3. The number of nitrogens with zero attached hydrogens (tertiary/aromatic N) is 1. The first kappa shape index (κ1) is 15.0. The number of carbonyl (C=O) groups excluding carboxylic acids is 1. The van der Waals surface area contributed by atoms with Gasteiger partial charge in [0.1, 0.15) is 0 Å². The number of rotatable bonds is 6. The van der Waals surface area contributed by atoms with Gasteiger partial charge in [-0.25, -0.2) is 0 Å². The summed E-state index contributed by atoms with van der Waals surface area (Å²) in [4.78, 5) is 14.9. The summed E-state index contributed by atoms with van der Waals surface area (Å²) in [6.07, 6.45) is 3.08. The van der Waals surface area contributed by atoms with Crippen molar-refractivity contribution in [1.29, 1.82) is 0 Å². The van der Waals surface area contributed by atoms with Crippen LogP contribution in [-0.2, 0) is 4.79 Å². The molecule has 0 heterocycles. The van der Waals surface area contributed by atoms with Gasteiger partial charge < -0.3 is 10.6 Å². The lowest BCUT2D eigenvalue weighted by molar-refractivity contribution is -0.149. The van der Waals surface area contributed by atoms with Crippen LogP contribution in [0.15, 0.2) is 30.3 Å². The van der Waals surface area contributed by atoms with Gasteiger partial charge in [-0.3, -0.25) is 4.79 Å². The summed E-state index contributed by atoms with van der Waals surface area (Å²) in [5.74, 6) is 0.443. The van der Waals surface area contributed by atoms with Crippen LogP contribution < -0.4 is 5.73 Å². The molecule has 1 unspecified atom stereocenters. The Morgan fingerprint density at radius 1 is 1.25 bits per heavy atom. The smallest absolute Gasteiger partial charge is 0.229 e. The van der Waals surface area contributed by atoms with Gasteiger partial charge in [-0.05, 0) is 32.3 Å². The van der Waals surface area contributed by atoms with Gasteiger partial charge in [0.2, 0.25) is 5.91 Å². The summed E-state index contributed by atoms with van der Waals surface area (Å²) in [5.41, 5.74) is 6.99. The molecular weight excluding hydrogens is 248 g/mol. The van der Waals surface area contributed by atoms with Gasteiger partial charge in [0.05, 0.1) is 5.41 Å². The number of benzene rings is 1. The molecule has 20 heavy (non-hydrogen) atoms. The zero-order valence-corrected chi connectivity index (χ0v) is 12.6. The van der Waals surface area contributed by atoms with E-state index < -0.39 is 0 Å². The lowest BCUT2D eigenvalue weighted by Crippen LogP contribution is -2.52. The minimum Gasteiger partial charge on any atom is -0.343 e. The molecule has 1 amide bonds. The summed E-state index contributed by atoms with van der Waals surface area (Å²) in [7, 11) is 0. The van der Waals surface area contributed by atoms with Gasteiger partial charge in [0.15, 0.2) is 0 Å². The van der Waals surface area contributed by atoms with Crippen LogP contribution in [-0.4, -0.2) is 30.4 Å². The van der Waals surface area contributed by atoms with E-state index in [1.165, 1.54) is 5.56 Å². The highest BCUT2D eigenvalue weighted by Crippen LogP contribution is 2.52. The summed E-state index contributed by atoms with van der Waals surface area (Å²) in [6.45, 7) is 6.20. The van der Waals surface area contributed by atoms with E-state index in [4.69, 9.17) is 5.73 Å². The average molecular weight is 274 g/mol. The molecule has 110 valence electrons. The monoisotopic (exact) mass is 274 g/mol. The quantitative estimate of drug-likeness (QED) is 0.867. The average Bonchev–Trinajstić information content (AvgIpc) is 2.44. The molecule has 0 aromatic heterocycles. The topological polar surface area (TPSA) is 46.3 Å². The molecule has 3 heteroatoms. The molecule has 1 atom stereocenters. The number of carbonyl (C=O) groups is 1. The second-order valence-corrected chi connectivity index (χ2v) is 5.69. The zero-order valence-electron chi connectivity index (χ0n) is 12.6. The molecule has 0 radical (unpaired) electrons. The molecule has 1 aliphatic carbocycles. The Bertz CT molecular complexity index is 436. The molecule has 2 rings (SSSR count). The van der Waals surface area contributed by atoms with Crippen molar-refractivity contribution in [2.45, 2.75) is 39.0 Å². The highest BCUT2D eigenvalue weighted by atomic mass is 16.2. The molecule has 0 aliphatic heterocycles. The fraction of sp³-hybridized carbons (Fsp3) is 0.588. The summed E-state index contributed by atoms with van der Waals surface area (Å²) < 4.78 is 0. The van der Waals surface area contributed by atoms with Crippen LogP contribution in [0.3, 0.4) is 0 Å². The Morgan fingerprint density at radius 2 is 1.85 bits per heavy atom. The third kappa shape index (κ3) is 2.47. The first-order chi connectivity index (χ1) is 9.69. The van der Waals surface area contributed by atoms with E-state index in [9.17, 15) is 4.79 Å². The molecule has 1 aromatic rings. The van der Waals surface area contributed by atoms with Gasteiger partial charge in [-0.1, -0.05) is 36.8 Å². The van der Waals surface area contributed by atoms with Crippen LogP contribution in [0.2, 0.25) is 0 Å². The van der Waals surface area contributed by atoms with Crippen LogP contribution in [0.25, 0.3) is 0 Å². The Morgan fingerprint density at radius 3 is 2.25 bits per heavy atom. The number of hydrogen-bond acceptors (Lipinski definition) is 2. The zero-order chi connectivity index (χ0) is 14.6. The van der Waals surface area contributed by atoms with E-state index >= 15 is 0 Å². The Hall–Kier alpha value is -1.35. The predicted octanol–water partition coefficient (Wildman–Crippen LogP) is 2.77. The predicted molar refractivity (Wildman–Crippen MR) is 82.4 cm³/mol. The van der Waals surface area contributed by atoms with Crippen molar-refractivity contribution in [3.63, 3.8) is 0 Å². The molecule has 2 N–H and O–H groups in total. The molecule has 0 spiro atoms. The lowest BCUT2D eigenvalue weighted by atomic mass is 9.58. The van der Waals surface area contributed by atoms with Crippen LogP contribution in [0, 0.1) is 5.41 Å². The van der Waals surface area contributed by atoms with Gasteiger partial charge in [0, 0.05) is 25.6 Å². The molecule has 1 fully saturated rings. The van der Waals surface area contributed by atoms with E-state index in [1.54, 1.807) is 0 Å². The van der Waals surface area contributed by atoms with Crippen molar-refractivity contribution in [3.8, 4) is 0 Å². The van der Waals surface area contributed by atoms with Crippen molar-refractivity contribution < 1.29 is 4.79 Å². The van der Waals surface area contributed by atoms with Gasteiger partial charge in [0.25, 0.3) is 0 Å².